The summed E-state index contributed by atoms with van der Waals surface area (Å²) >= 11 is 2.00. The van der Waals surface area contributed by atoms with Crippen LogP contribution in [0.15, 0.2) is 30.3 Å². The largest absolute Gasteiger partial charge is 1.00 e. The molecule has 0 radical (unpaired) electrons. The molecule has 23 heavy (non-hydrogen) atoms. The Morgan fingerprint density at radius 2 is 1.43 bits per heavy atom. The Balaban J connectivity index is 0.000000902. The van der Waals surface area contributed by atoms with Crippen molar-refractivity contribution in [3.8, 4) is 0 Å². The molecule has 0 nitrogen and oxygen atoms in total. The van der Waals surface area contributed by atoms with Crippen molar-refractivity contribution in [3.05, 3.63) is 69.3 Å². The number of allylic oxidation sites excluding steroid dienone is 1. The van der Waals surface area contributed by atoms with Crippen LogP contribution in [0.2, 0.25) is 0 Å². The van der Waals surface area contributed by atoms with Crippen molar-refractivity contribution in [2.45, 2.75) is 40.5 Å². The molecule has 1 aliphatic rings. The van der Waals surface area contributed by atoms with Crippen LogP contribution in [0.5, 0.6) is 0 Å². The molecular weight excluding hydrogens is 359 g/mol. The van der Waals surface area contributed by atoms with E-state index >= 15 is 0 Å². The van der Waals surface area contributed by atoms with Crippen LogP contribution in [0.1, 0.15) is 51.8 Å². The third-order valence-electron chi connectivity index (χ3n) is 4.61. The Bertz CT molecular complexity index is 670. The Kier molecular flexibility index (Phi) is 9.47. The average Bonchev–Trinajstić information content (AvgIpc) is 2.97. The second kappa shape index (κ2) is 9.69. The summed E-state index contributed by atoms with van der Waals surface area (Å²) in [6.45, 7) is 11.0. The first-order chi connectivity index (χ1) is 10.0. The fraction of sp³-hybridized carbons (Fsp3) is 0.300. The second-order valence-electron chi connectivity index (χ2n) is 5.67. The zero-order valence-electron chi connectivity index (χ0n) is 14.4. The minimum absolute atomic E-state index is 0. The van der Waals surface area contributed by atoms with Crippen molar-refractivity contribution in [1.82, 2.24) is 0 Å². The molecule has 0 amide bonds. The van der Waals surface area contributed by atoms with E-state index in [4.69, 9.17) is 0 Å². The molecule has 122 valence electrons. The van der Waals surface area contributed by atoms with Gasteiger partial charge in [0.05, 0.1) is 0 Å². The van der Waals surface area contributed by atoms with E-state index in [-0.39, 0.29) is 24.8 Å². The molecule has 0 heterocycles. The number of fused-ring (bicyclic) bond motifs is 1. The monoisotopic (exact) mass is 381 g/mol. The minimum Gasteiger partial charge on any atom is -1.00 e. The van der Waals surface area contributed by atoms with Crippen molar-refractivity contribution in [1.29, 1.82) is 0 Å². The van der Waals surface area contributed by atoms with Gasteiger partial charge in [0, 0.05) is 0 Å². The van der Waals surface area contributed by atoms with Gasteiger partial charge >= 0.3 is 31.2 Å². The van der Waals surface area contributed by atoms with E-state index < -0.39 is 0 Å². The van der Waals surface area contributed by atoms with Crippen molar-refractivity contribution in [2.24, 2.45) is 0 Å². The number of rotatable bonds is 1. The fourth-order valence-electron chi connectivity index (χ4n) is 3.22. The van der Waals surface area contributed by atoms with Crippen LogP contribution in [0.3, 0.4) is 0 Å². The van der Waals surface area contributed by atoms with E-state index in [1.807, 2.05) is 31.2 Å². The average molecular weight is 382 g/mol. The maximum absolute atomic E-state index is 2.35. The molecule has 0 bridgehead atoms. The van der Waals surface area contributed by atoms with Crippen LogP contribution in [-0.4, -0.2) is 4.31 Å². The molecule has 2 aromatic carbocycles. The van der Waals surface area contributed by atoms with Crippen LogP contribution in [0, 0.1) is 27.7 Å². The van der Waals surface area contributed by atoms with E-state index in [9.17, 15) is 0 Å². The van der Waals surface area contributed by atoms with E-state index in [1.165, 1.54) is 38.9 Å². The van der Waals surface area contributed by atoms with Gasteiger partial charge in [-0.25, -0.2) is 0 Å². The molecule has 0 aromatic heterocycles. The van der Waals surface area contributed by atoms with E-state index in [0.29, 0.717) is 5.92 Å². The maximum Gasteiger partial charge on any atom is -0.0168 e. The van der Waals surface area contributed by atoms with Crippen molar-refractivity contribution in [3.63, 3.8) is 0 Å². The van der Waals surface area contributed by atoms with Crippen LogP contribution in [0.25, 0.3) is 6.08 Å². The van der Waals surface area contributed by atoms with Gasteiger partial charge in [0.25, 0.3) is 0 Å². The molecule has 0 aliphatic heterocycles. The van der Waals surface area contributed by atoms with Gasteiger partial charge in [-0.2, -0.15) is 22.3 Å². The first-order valence-corrected chi connectivity index (χ1v) is 8.38. The zero-order chi connectivity index (χ0) is 15.6. The smallest absolute Gasteiger partial charge is 0.0168 e. The summed E-state index contributed by atoms with van der Waals surface area (Å²) in [4.78, 5) is 0. The molecule has 0 N–H and O–H groups in total. The van der Waals surface area contributed by atoms with Gasteiger partial charge in [0.2, 0.25) is 0 Å². The number of benzene rings is 1. The fourth-order valence-corrected chi connectivity index (χ4v) is 3.22. The molecule has 2 aromatic rings. The molecule has 3 heteroatoms. The van der Waals surface area contributed by atoms with Crippen molar-refractivity contribution >= 4 is 10.4 Å². The summed E-state index contributed by atoms with van der Waals surface area (Å²) in [6, 6.07) is 8.73. The summed E-state index contributed by atoms with van der Waals surface area (Å²) in [5, 5.41) is 0. The Hall–Kier alpha value is -0.526. The first kappa shape index (κ1) is 22.5. The summed E-state index contributed by atoms with van der Waals surface area (Å²) < 4.78 is 2.00. The quantitative estimate of drug-likeness (QED) is 0.446. The van der Waals surface area contributed by atoms with Gasteiger partial charge in [-0.3, -0.25) is 0 Å². The zero-order valence-corrected chi connectivity index (χ0v) is 17.4. The molecule has 1 unspecified atom stereocenters. The molecule has 3 rings (SSSR count). The summed E-state index contributed by atoms with van der Waals surface area (Å²) in [7, 11) is 0. The molecular formula is C20H23Cl2Ti-. The van der Waals surface area contributed by atoms with Gasteiger partial charge < -0.3 is 24.8 Å². The Labute approximate surface area is 164 Å². The van der Waals surface area contributed by atoms with Crippen LogP contribution >= 0.6 is 0 Å². The summed E-state index contributed by atoms with van der Waals surface area (Å²) in [6.07, 6.45) is 4.61. The molecule has 0 spiro atoms. The van der Waals surface area contributed by atoms with E-state index in [0.717, 1.165) is 0 Å². The Morgan fingerprint density at radius 1 is 0.957 bits per heavy atom. The third-order valence-corrected chi connectivity index (χ3v) is 4.61. The molecule has 0 saturated heterocycles. The Morgan fingerprint density at radius 3 is 1.96 bits per heavy atom. The first-order valence-electron chi connectivity index (χ1n) is 7.48. The van der Waals surface area contributed by atoms with E-state index in [1.54, 1.807) is 0 Å². The van der Waals surface area contributed by atoms with Crippen LogP contribution in [-0.2, 0) is 20.0 Å². The van der Waals surface area contributed by atoms with Gasteiger partial charge in [-0.15, -0.1) is 5.56 Å². The minimum atomic E-state index is 0. The summed E-state index contributed by atoms with van der Waals surface area (Å²) in [5.41, 5.74) is 10.2. The van der Waals surface area contributed by atoms with Gasteiger partial charge in [0.15, 0.2) is 0 Å². The molecule has 0 saturated carbocycles. The van der Waals surface area contributed by atoms with E-state index in [2.05, 4.69) is 64.1 Å². The van der Waals surface area contributed by atoms with Gasteiger partial charge in [0.1, 0.15) is 0 Å². The second-order valence-corrected chi connectivity index (χ2v) is 6.57. The molecule has 0 fully saturated rings. The number of halogens is 2. The number of hydrogen-bond donors (Lipinski definition) is 0. The van der Waals surface area contributed by atoms with Crippen LogP contribution < -0.4 is 24.8 Å². The summed E-state index contributed by atoms with van der Waals surface area (Å²) in [5.74, 6) is 0.452. The predicted molar refractivity (Wildman–Crippen MR) is 90.0 cm³/mol. The standard InChI is InChI=1S/C18H19.C2H4.2ClH.Ti/c1-11-12(2)14(4)18(13(11)3)17-10-9-15-7-5-6-8-16(15)17;1-2;;;/h5-10,17H,1-4H3;1H,2H3;2*1H;/q-1;;;;+2/p-2. The third kappa shape index (κ3) is 4.31. The van der Waals surface area contributed by atoms with Crippen molar-refractivity contribution in [2.75, 3.05) is 0 Å². The topological polar surface area (TPSA) is 0 Å². The maximum atomic E-state index is 2.35. The predicted octanol–water partition coefficient (Wildman–Crippen LogP) is -0.839. The SMILES string of the molecule is C[CH]=[Ti+2].Cc1c(C)c(C)[c-](C2C=Cc3ccccc32)c1C.[Cl-].[Cl-]. The number of hydrogen-bond acceptors (Lipinski definition) is 0. The van der Waals surface area contributed by atoms with Gasteiger partial charge in [-0.05, 0) is 17.0 Å². The molecule has 1 aliphatic carbocycles. The van der Waals surface area contributed by atoms with Crippen LogP contribution in [0.4, 0.5) is 0 Å². The normalized spacial score (nSPS) is 14.1. The van der Waals surface area contributed by atoms with Gasteiger partial charge in [-0.1, -0.05) is 64.1 Å². The van der Waals surface area contributed by atoms with Crippen molar-refractivity contribution < 1.29 is 44.8 Å². The molecule has 1 atom stereocenters.